The Hall–Kier alpha value is -0.248. The molecule has 0 radical (unpaired) electrons. The molecule has 0 saturated carbocycles. The number of aryl methyl sites for hydroxylation is 1. The Balaban J connectivity index is 2.28. The third-order valence-electron chi connectivity index (χ3n) is 1.91. The maximum atomic E-state index is 2.22. The maximum absolute atomic E-state index is 2.22. The fraction of sp³-hybridized carbons (Fsp3) is 0.400. The van der Waals surface area contributed by atoms with Crippen LogP contribution in [0.4, 0.5) is 0 Å². The molecule has 0 aliphatic rings. The van der Waals surface area contributed by atoms with Crippen LogP contribution in [0.1, 0.15) is 18.4 Å². The van der Waals surface area contributed by atoms with Gasteiger partial charge in [0.1, 0.15) is 0 Å². The molecular formula is C10H15Al. The lowest BCUT2D eigenvalue weighted by molar-refractivity contribution is 0.794. The van der Waals surface area contributed by atoms with Crippen molar-refractivity contribution in [2.24, 2.45) is 0 Å². The van der Waals surface area contributed by atoms with Crippen molar-refractivity contribution < 1.29 is 0 Å². The molecule has 0 bridgehead atoms. The summed E-state index contributed by atoms with van der Waals surface area (Å²) >= 11 is 1.37. The zero-order chi connectivity index (χ0) is 7.94. The van der Waals surface area contributed by atoms with Crippen LogP contribution in [0.25, 0.3) is 0 Å². The summed E-state index contributed by atoms with van der Waals surface area (Å²) in [7, 11) is 0. The maximum Gasteiger partial charge on any atom is 0.211 e. The average Bonchev–Trinajstić information content (AvgIpc) is 2.07. The van der Waals surface area contributed by atoms with Crippen molar-refractivity contribution in [3.63, 3.8) is 0 Å². The lowest BCUT2D eigenvalue weighted by atomic mass is 10.1. The van der Waals surface area contributed by atoms with E-state index >= 15 is 0 Å². The summed E-state index contributed by atoms with van der Waals surface area (Å²) in [6.45, 7) is 0. The van der Waals surface area contributed by atoms with Crippen LogP contribution in [0.2, 0.25) is 5.28 Å². The molecule has 1 rings (SSSR count). The van der Waals surface area contributed by atoms with E-state index in [0.717, 1.165) is 0 Å². The van der Waals surface area contributed by atoms with Crippen LogP contribution in [-0.2, 0) is 6.42 Å². The summed E-state index contributed by atoms with van der Waals surface area (Å²) in [5.41, 5.74) is 1.49. The van der Waals surface area contributed by atoms with Crippen LogP contribution >= 0.6 is 0 Å². The molecule has 0 atom stereocenters. The van der Waals surface area contributed by atoms with E-state index in [4.69, 9.17) is 0 Å². The Labute approximate surface area is 77.1 Å². The van der Waals surface area contributed by atoms with Gasteiger partial charge in [0.25, 0.3) is 0 Å². The molecular weight excluding hydrogens is 147 g/mol. The van der Waals surface area contributed by atoms with Gasteiger partial charge < -0.3 is 0 Å². The molecule has 1 aromatic rings. The normalized spacial score (nSPS) is 9.82. The summed E-state index contributed by atoms with van der Waals surface area (Å²) in [4.78, 5) is 0. The minimum absolute atomic E-state index is 1.27. The quantitative estimate of drug-likeness (QED) is 0.469. The van der Waals surface area contributed by atoms with Crippen molar-refractivity contribution in [2.45, 2.75) is 24.5 Å². The van der Waals surface area contributed by atoms with Gasteiger partial charge in [-0.2, -0.15) is 0 Å². The van der Waals surface area contributed by atoms with Gasteiger partial charge in [0, 0.05) is 0 Å². The van der Waals surface area contributed by atoms with Crippen LogP contribution in [0.15, 0.2) is 30.3 Å². The fourth-order valence-electron chi connectivity index (χ4n) is 1.22. The van der Waals surface area contributed by atoms with Crippen LogP contribution < -0.4 is 0 Å². The van der Waals surface area contributed by atoms with E-state index in [1.807, 2.05) is 0 Å². The largest absolute Gasteiger partial charge is 0.211 e. The molecule has 0 aliphatic carbocycles. The second kappa shape index (κ2) is 5.41. The van der Waals surface area contributed by atoms with Gasteiger partial charge >= 0.3 is 0 Å². The molecule has 0 amide bonds. The highest BCUT2D eigenvalue weighted by atomic mass is 27.0. The van der Waals surface area contributed by atoms with Gasteiger partial charge in [0.2, 0.25) is 16.3 Å². The van der Waals surface area contributed by atoms with Gasteiger partial charge in [-0.25, -0.2) is 0 Å². The Kier molecular flexibility index (Phi) is 4.35. The van der Waals surface area contributed by atoms with Gasteiger partial charge in [-0.3, -0.25) is 0 Å². The zero-order valence-corrected chi connectivity index (χ0v) is 9.22. The molecule has 0 aliphatic heterocycles. The van der Waals surface area contributed by atoms with Crippen molar-refractivity contribution in [3.05, 3.63) is 35.9 Å². The molecule has 0 nitrogen and oxygen atoms in total. The van der Waals surface area contributed by atoms with E-state index in [9.17, 15) is 0 Å². The first-order chi connectivity index (χ1) is 5.43. The molecule has 1 heteroatoms. The summed E-state index contributed by atoms with van der Waals surface area (Å²) < 4.78 is 0. The fourth-order valence-corrected chi connectivity index (χ4v) is 1.72. The predicted molar refractivity (Wildman–Crippen MR) is 52.7 cm³/mol. The summed E-state index contributed by atoms with van der Waals surface area (Å²) in [5.74, 6) is 0. The monoisotopic (exact) mass is 162 g/mol. The summed E-state index contributed by atoms with van der Waals surface area (Å²) in [5, 5.41) is 1.45. The van der Waals surface area contributed by atoms with E-state index < -0.39 is 0 Å². The Morgan fingerprint density at radius 1 is 1.00 bits per heavy atom. The van der Waals surface area contributed by atoms with E-state index in [-0.39, 0.29) is 0 Å². The molecule has 0 saturated heterocycles. The average molecular weight is 162 g/mol. The van der Waals surface area contributed by atoms with E-state index in [2.05, 4.69) is 30.3 Å². The zero-order valence-electron chi connectivity index (χ0n) is 7.22. The standard InChI is InChI=1S/C10H13.Al.2H/c1-2-3-7-10-8-5-4-6-9-10;;;/h4-6,8-9H,1-3,7H2;;;. The molecule has 0 spiro atoms. The molecule has 11 heavy (non-hydrogen) atoms. The summed E-state index contributed by atoms with van der Waals surface area (Å²) in [6.07, 6.45) is 4.05. The van der Waals surface area contributed by atoms with Crippen LogP contribution in [0.5, 0.6) is 0 Å². The number of unbranched alkanes of at least 4 members (excludes halogenated alkanes) is 1. The molecule has 0 aromatic heterocycles. The van der Waals surface area contributed by atoms with Crippen molar-refractivity contribution >= 4 is 16.3 Å². The predicted octanol–water partition coefficient (Wildman–Crippen LogP) is 2.06. The van der Waals surface area contributed by atoms with Gasteiger partial charge in [-0.1, -0.05) is 43.2 Å². The second-order valence-corrected chi connectivity index (χ2v) is 3.94. The Morgan fingerprint density at radius 2 is 1.73 bits per heavy atom. The van der Waals surface area contributed by atoms with E-state index in [1.165, 1.54) is 46.4 Å². The number of hydrogen-bond acceptors (Lipinski definition) is 0. The first kappa shape index (κ1) is 8.85. The van der Waals surface area contributed by atoms with Gasteiger partial charge in [-0.15, -0.1) is 5.28 Å². The highest BCUT2D eigenvalue weighted by Gasteiger charge is 1.89. The topological polar surface area (TPSA) is 0 Å². The van der Waals surface area contributed by atoms with Gasteiger partial charge in [-0.05, 0) is 12.0 Å². The first-order valence-electron chi connectivity index (χ1n) is 4.47. The molecule has 1 aromatic carbocycles. The van der Waals surface area contributed by atoms with E-state index in [1.54, 1.807) is 0 Å². The number of rotatable bonds is 4. The minimum atomic E-state index is 1.27. The van der Waals surface area contributed by atoms with Crippen molar-refractivity contribution in [1.82, 2.24) is 0 Å². The smallest absolute Gasteiger partial charge is 0.101 e. The minimum Gasteiger partial charge on any atom is -0.101 e. The highest BCUT2D eigenvalue weighted by molar-refractivity contribution is 6.08. The van der Waals surface area contributed by atoms with Gasteiger partial charge in [0.15, 0.2) is 0 Å². The Morgan fingerprint density at radius 3 is 2.36 bits per heavy atom. The Bertz CT molecular complexity index is 181. The van der Waals surface area contributed by atoms with Crippen molar-refractivity contribution in [1.29, 1.82) is 0 Å². The number of benzene rings is 1. The molecule has 0 unspecified atom stereocenters. The third kappa shape index (κ3) is 3.60. The third-order valence-corrected chi connectivity index (χ3v) is 2.62. The van der Waals surface area contributed by atoms with Crippen LogP contribution in [0.3, 0.4) is 0 Å². The lowest BCUT2D eigenvalue weighted by Crippen LogP contribution is -1.83. The van der Waals surface area contributed by atoms with Gasteiger partial charge in [0.05, 0.1) is 0 Å². The van der Waals surface area contributed by atoms with Crippen molar-refractivity contribution in [3.8, 4) is 0 Å². The molecule has 58 valence electrons. The summed E-state index contributed by atoms with van der Waals surface area (Å²) in [6, 6.07) is 10.8. The molecule has 0 heterocycles. The highest BCUT2D eigenvalue weighted by Crippen LogP contribution is 2.04. The van der Waals surface area contributed by atoms with Crippen molar-refractivity contribution in [2.75, 3.05) is 0 Å². The SMILES string of the molecule is [AlH2][CH2]CCCc1ccccc1. The van der Waals surface area contributed by atoms with Crippen LogP contribution in [-0.4, -0.2) is 16.3 Å². The molecule has 0 N–H and O–H groups in total. The molecule has 0 fully saturated rings. The first-order valence-corrected chi connectivity index (χ1v) is 5.89. The number of hydrogen-bond donors (Lipinski definition) is 0. The second-order valence-electron chi connectivity index (χ2n) is 2.94. The van der Waals surface area contributed by atoms with Crippen LogP contribution in [0, 0.1) is 0 Å². The lowest BCUT2D eigenvalue weighted by Gasteiger charge is -1.98. The van der Waals surface area contributed by atoms with E-state index in [0.29, 0.717) is 0 Å².